The minimum Gasteiger partial charge on any atom is -0.369 e. The van der Waals surface area contributed by atoms with Gasteiger partial charge in [0.2, 0.25) is 0 Å². The van der Waals surface area contributed by atoms with Crippen LogP contribution in [0.1, 0.15) is 30.3 Å². The van der Waals surface area contributed by atoms with Crippen molar-refractivity contribution in [2.75, 3.05) is 20.1 Å². The number of nitrogens with zero attached hydrogens (tertiary/aromatic N) is 3. The molecule has 3 rings (SSSR count). The fourth-order valence-electron chi connectivity index (χ4n) is 2.59. The third kappa shape index (κ3) is 3.91. The van der Waals surface area contributed by atoms with Gasteiger partial charge in [-0.1, -0.05) is 35.5 Å². The molecule has 1 fully saturated rings. The van der Waals surface area contributed by atoms with E-state index in [-0.39, 0.29) is 12.2 Å². The Balaban J connectivity index is 1.53. The van der Waals surface area contributed by atoms with Crippen molar-refractivity contribution in [1.29, 1.82) is 0 Å². The van der Waals surface area contributed by atoms with Gasteiger partial charge in [0.1, 0.15) is 12.7 Å². The molecule has 1 aromatic carbocycles. The molecule has 6 nitrogen and oxygen atoms in total. The summed E-state index contributed by atoms with van der Waals surface area (Å²) in [6, 6.07) is 10.0. The molecule has 0 amide bonds. The molecule has 2 aromatic rings. The summed E-state index contributed by atoms with van der Waals surface area (Å²) in [5, 5.41) is 3.96. The summed E-state index contributed by atoms with van der Waals surface area (Å²) in [5.41, 5.74) is 1.12. The van der Waals surface area contributed by atoms with Crippen molar-refractivity contribution in [3.63, 3.8) is 0 Å². The second-order valence-electron chi connectivity index (χ2n) is 5.68. The number of morpholine rings is 1. The largest absolute Gasteiger partial charge is 0.369 e. The first kappa shape index (κ1) is 15.1. The molecule has 0 N–H and O–H groups in total. The van der Waals surface area contributed by atoms with Crippen LogP contribution in [0.25, 0.3) is 0 Å². The summed E-state index contributed by atoms with van der Waals surface area (Å²) in [5.74, 6) is 1.08. The van der Waals surface area contributed by atoms with Gasteiger partial charge in [-0.25, -0.2) is 0 Å². The normalized spacial score (nSPS) is 22.8. The van der Waals surface area contributed by atoms with E-state index < -0.39 is 0 Å². The maximum atomic E-state index is 5.85. The summed E-state index contributed by atoms with van der Waals surface area (Å²) in [4.78, 5) is 6.58. The van der Waals surface area contributed by atoms with E-state index in [1.165, 1.54) is 0 Å². The maximum Gasteiger partial charge on any atom is 0.257 e. The summed E-state index contributed by atoms with van der Waals surface area (Å²) < 4.78 is 16.8. The van der Waals surface area contributed by atoms with Crippen molar-refractivity contribution >= 4 is 0 Å². The molecule has 6 heteroatoms. The van der Waals surface area contributed by atoms with Crippen LogP contribution in [0.15, 0.2) is 34.9 Å². The monoisotopic (exact) mass is 303 g/mol. The van der Waals surface area contributed by atoms with Crippen molar-refractivity contribution in [3.8, 4) is 0 Å². The van der Waals surface area contributed by atoms with Crippen LogP contribution in [0.4, 0.5) is 0 Å². The van der Waals surface area contributed by atoms with Crippen LogP contribution in [0, 0.1) is 0 Å². The minimum atomic E-state index is -0.163. The smallest absolute Gasteiger partial charge is 0.257 e. The minimum absolute atomic E-state index is 0.161. The Morgan fingerprint density at radius 1 is 1.23 bits per heavy atom. The van der Waals surface area contributed by atoms with Gasteiger partial charge in [-0.05, 0) is 19.5 Å². The lowest BCUT2D eigenvalue weighted by Gasteiger charge is -2.32. The van der Waals surface area contributed by atoms with Crippen LogP contribution in [-0.4, -0.2) is 41.3 Å². The first-order valence-electron chi connectivity index (χ1n) is 7.49. The predicted molar refractivity (Wildman–Crippen MR) is 80.0 cm³/mol. The zero-order valence-corrected chi connectivity index (χ0v) is 12.9. The van der Waals surface area contributed by atoms with Gasteiger partial charge in [-0.3, -0.25) is 0 Å². The van der Waals surface area contributed by atoms with Gasteiger partial charge in [-0.2, -0.15) is 4.98 Å². The van der Waals surface area contributed by atoms with Crippen LogP contribution >= 0.6 is 0 Å². The van der Waals surface area contributed by atoms with Crippen LogP contribution < -0.4 is 0 Å². The molecular formula is C16H21N3O3. The van der Waals surface area contributed by atoms with Gasteiger partial charge in [0, 0.05) is 13.1 Å². The Labute approximate surface area is 130 Å². The maximum absolute atomic E-state index is 5.85. The Kier molecular flexibility index (Phi) is 4.82. The number of hydrogen-bond donors (Lipinski definition) is 0. The Hall–Kier alpha value is -1.76. The van der Waals surface area contributed by atoms with E-state index in [1.807, 2.05) is 37.3 Å². The lowest BCUT2D eigenvalue weighted by molar-refractivity contribution is -0.0838. The van der Waals surface area contributed by atoms with Crippen LogP contribution in [-0.2, 0) is 22.7 Å². The Morgan fingerprint density at radius 2 is 2.05 bits per heavy atom. The lowest BCUT2D eigenvalue weighted by Crippen LogP contribution is -2.40. The Morgan fingerprint density at radius 3 is 2.82 bits per heavy atom. The quantitative estimate of drug-likeness (QED) is 0.843. The summed E-state index contributed by atoms with van der Waals surface area (Å²) in [7, 11) is 2.06. The number of ether oxygens (including phenoxy) is 2. The highest BCUT2D eigenvalue weighted by Crippen LogP contribution is 2.23. The van der Waals surface area contributed by atoms with Crippen molar-refractivity contribution in [2.24, 2.45) is 0 Å². The lowest BCUT2D eigenvalue weighted by atomic mass is 10.2. The van der Waals surface area contributed by atoms with E-state index in [2.05, 4.69) is 22.1 Å². The molecule has 2 atom stereocenters. The second kappa shape index (κ2) is 7.00. The van der Waals surface area contributed by atoms with E-state index in [0.717, 1.165) is 18.7 Å². The zero-order valence-electron chi connectivity index (χ0n) is 12.9. The first-order chi connectivity index (χ1) is 10.7. The summed E-state index contributed by atoms with van der Waals surface area (Å²) >= 11 is 0. The molecule has 22 heavy (non-hydrogen) atoms. The molecule has 1 aromatic heterocycles. The van der Waals surface area contributed by atoms with Gasteiger partial charge >= 0.3 is 0 Å². The van der Waals surface area contributed by atoms with Crippen molar-refractivity contribution in [1.82, 2.24) is 15.0 Å². The molecule has 2 heterocycles. The van der Waals surface area contributed by atoms with Crippen LogP contribution in [0.5, 0.6) is 0 Å². The number of rotatable bonds is 5. The van der Waals surface area contributed by atoms with Gasteiger partial charge in [0.05, 0.1) is 12.7 Å². The van der Waals surface area contributed by atoms with Crippen molar-refractivity contribution < 1.29 is 14.0 Å². The number of benzene rings is 1. The molecule has 0 bridgehead atoms. The molecule has 118 valence electrons. The van der Waals surface area contributed by atoms with E-state index in [0.29, 0.717) is 24.9 Å². The standard InChI is InChI=1S/C16H21N3O3/c1-12-8-19(2)9-14(21-12)16-17-15(18-22-16)11-20-10-13-6-4-3-5-7-13/h3-7,12,14H,8-11H2,1-2H3/t12-,14-/m1/s1. The molecule has 1 aliphatic heterocycles. The fourth-order valence-corrected chi connectivity index (χ4v) is 2.59. The summed E-state index contributed by atoms with van der Waals surface area (Å²) in [6.07, 6.45) is -0.00226. The van der Waals surface area contributed by atoms with Crippen molar-refractivity contribution in [2.45, 2.75) is 32.3 Å². The molecule has 1 saturated heterocycles. The average molecular weight is 303 g/mol. The van der Waals surface area contributed by atoms with E-state index in [4.69, 9.17) is 14.0 Å². The van der Waals surface area contributed by atoms with E-state index in [9.17, 15) is 0 Å². The van der Waals surface area contributed by atoms with E-state index in [1.54, 1.807) is 0 Å². The third-order valence-corrected chi connectivity index (χ3v) is 3.54. The molecule has 0 saturated carbocycles. The van der Waals surface area contributed by atoms with Crippen molar-refractivity contribution in [3.05, 3.63) is 47.6 Å². The molecule has 0 spiro atoms. The molecular weight excluding hydrogens is 282 g/mol. The molecule has 0 radical (unpaired) electrons. The van der Waals surface area contributed by atoms with Crippen LogP contribution in [0.3, 0.4) is 0 Å². The molecule has 1 aliphatic rings. The number of hydrogen-bond acceptors (Lipinski definition) is 6. The molecule has 0 aliphatic carbocycles. The zero-order chi connectivity index (χ0) is 15.4. The topological polar surface area (TPSA) is 60.6 Å². The van der Waals surface area contributed by atoms with Gasteiger partial charge in [0.15, 0.2) is 5.82 Å². The second-order valence-corrected chi connectivity index (χ2v) is 5.68. The van der Waals surface area contributed by atoms with E-state index >= 15 is 0 Å². The summed E-state index contributed by atoms with van der Waals surface area (Å²) in [6.45, 7) is 4.58. The first-order valence-corrected chi connectivity index (χ1v) is 7.49. The highest BCUT2D eigenvalue weighted by Gasteiger charge is 2.28. The average Bonchev–Trinajstić information content (AvgIpc) is 2.96. The van der Waals surface area contributed by atoms with Gasteiger partial charge in [0.25, 0.3) is 5.89 Å². The number of aromatic nitrogens is 2. The third-order valence-electron chi connectivity index (χ3n) is 3.54. The van der Waals surface area contributed by atoms with Gasteiger partial charge in [-0.15, -0.1) is 0 Å². The van der Waals surface area contributed by atoms with Crippen LogP contribution in [0.2, 0.25) is 0 Å². The highest BCUT2D eigenvalue weighted by atomic mass is 16.5. The number of likely N-dealkylation sites (N-methyl/N-ethyl adjacent to an activating group) is 1. The predicted octanol–water partition coefficient (Wildman–Crippen LogP) is 2.18. The Bertz CT molecular complexity index is 577. The highest BCUT2D eigenvalue weighted by molar-refractivity contribution is 5.13. The SMILES string of the molecule is C[C@@H]1CN(C)C[C@H](c2nc(COCc3ccccc3)no2)O1. The van der Waals surface area contributed by atoms with Gasteiger partial charge < -0.3 is 18.9 Å². The molecule has 0 unspecified atom stereocenters. The fraction of sp³-hybridized carbons (Fsp3) is 0.500.